The van der Waals surface area contributed by atoms with Gasteiger partial charge in [-0.25, -0.2) is 4.98 Å². The van der Waals surface area contributed by atoms with Gasteiger partial charge in [0, 0.05) is 45.8 Å². The Labute approximate surface area is 148 Å². The van der Waals surface area contributed by atoms with Crippen LogP contribution in [-0.2, 0) is 12.8 Å². The summed E-state index contributed by atoms with van der Waals surface area (Å²) in [6, 6.07) is 4.15. The van der Waals surface area contributed by atoms with Gasteiger partial charge in [-0.05, 0) is 43.4 Å². The predicted octanol–water partition coefficient (Wildman–Crippen LogP) is 1.76. The van der Waals surface area contributed by atoms with Crippen molar-refractivity contribution in [3.05, 3.63) is 29.6 Å². The first-order chi connectivity index (χ1) is 12.2. The maximum atomic E-state index is 4.50. The van der Waals surface area contributed by atoms with Crippen LogP contribution in [0.2, 0.25) is 0 Å². The van der Waals surface area contributed by atoms with Crippen molar-refractivity contribution in [1.29, 1.82) is 0 Å². The summed E-state index contributed by atoms with van der Waals surface area (Å²) in [5, 5.41) is 12.2. The summed E-state index contributed by atoms with van der Waals surface area (Å²) in [7, 11) is 3.96. The fourth-order valence-corrected chi connectivity index (χ4v) is 3.44. The number of nitrogens with zero attached hydrogens (tertiary/aromatic N) is 6. The van der Waals surface area contributed by atoms with E-state index in [4.69, 9.17) is 0 Å². The molecule has 7 heteroatoms. The van der Waals surface area contributed by atoms with Crippen molar-refractivity contribution in [3.63, 3.8) is 0 Å². The number of rotatable bonds is 5. The van der Waals surface area contributed by atoms with Crippen LogP contribution in [0.3, 0.4) is 0 Å². The van der Waals surface area contributed by atoms with Gasteiger partial charge >= 0.3 is 0 Å². The fraction of sp³-hybridized carbons (Fsp3) is 0.556. The highest BCUT2D eigenvalue weighted by Gasteiger charge is 2.28. The van der Waals surface area contributed by atoms with Gasteiger partial charge < -0.3 is 15.1 Å². The summed E-state index contributed by atoms with van der Waals surface area (Å²) in [6.45, 7) is 2.90. The van der Waals surface area contributed by atoms with E-state index in [2.05, 4.69) is 36.4 Å². The fourth-order valence-electron chi connectivity index (χ4n) is 3.44. The Hall–Kier alpha value is -2.44. The molecule has 7 nitrogen and oxygen atoms in total. The number of hydrogen-bond acceptors (Lipinski definition) is 7. The minimum atomic E-state index is 0.587. The first kappa shape index (κ1) is 16.1. The molecule has 4 rings (SSSR count). The van der Waals surface area contributed by atoms with Gasteiger partial charge in [-0.3, -0.25) is 0 Å². The Balaban J connectivity index is 1.30. The molecule has 0 amide bonds. The number of nitrogens with one attached hydrogen (secondary N) is 1. The lowest BCUT2D eigenvalue weighted by molar-refractivity contribution is 0.424. The minimum absolute atomic E-state index is 0.587. The SMILES string of the molecule is CN(C)c1ccnc(NCC2CN(c3cc4c(nn3)CCCC4)C2)n1. The van der Waals surface area contributed by atoms with Crippen molar-refractivity contribution >= 4 is 17.6 Å². The Bertz CT molecular complexity index is 740. The van der Waals surface area contributed by atoms with Crippen molar-refractivity contribution in [2.24, 2.45) is 5.92 Å². The van der Waals surface area contributed by atoms with Gasteiger partial charge in [0.1, 0.15) is 5.82 Å². The number of aryl methyl sites for hydroxylation is 2. The summed E-state index contributed by atoms with van der Waals surface area (Å²) in [5.74, 6) is 3.22. The summed E-state index contributed by atoms with van der Waals surface area (Å²) in [5.41, 5.74) is 2.60. The minimum Gasteiger partial charge on any atom is -0.363 e. The van der Waals surface area contributed by atoms with Crippen LogP contribution in [0.4, 0.5) is 17.6 Å². The van der Waals surface area contributed by atoms with E-state index < -0.39 is 0 Å². The van der Waals surface area contributed by atoms with E-state index in [0.717, 1.165) is 44.1 Å². The predicted molar refractivity (Wildman–Crippen MR) is 99.2 cm³/mol. The summed E-state index contributed by atoms with van der Waals surface area (Å²) < 4.78 is 0. The molecule has 1 fully saturated rings. The van der Waals surface area contributed by atoms with Gasteiger partial charge in [0.25, 0.3) is 0 Å². The molecule has 0 saturated carbocycles. The monoisotopic (exact) mass is 339 g/mol. The van der Waals surface area contributed by atoms with E-state index in [1.165, 1.54) is 24.1 Å². The summed E-state index contributed by atoms with van der Waals surface area (Å²) >= 11 is 0. The highest BCUT2D eigenvalue weighted by atomic mass is 15.3. The lowest BCUT2D eigenvalue weighted by atomic mass is 9.95. The van der Waals surface area contributed by atoms with Crippen LogP contribution < -0.4 is 15.1 Å². The van der Waals surface area contributed by atoms with Crippen LogP contribution >= 0.6 is 0 Å². The molecular weight excluding hydrogens is 314 g/mol. The Morgan fingerprint density at radius 2 is 2.04 bits per heavy atom. The smallest absolute Gasteiger partial charge is 0.224 e. The van der Waals surface area contributed by atoms with Crippen LogP contribution in [0.15, 0.2) is 18.3 Å². The van der Waals surface area contributed by atoms with Crippen molar-refractivity contribution in [1.82, 2.24) is 20.2 Å². The van der Waals surface area contributed by atoms with Crippen molar-refractivity contribution in [2.45, 2.75) is 25.7 Å². The first-order valence-electron chi connectivity index (χ1n) is 9.04. The Morgan fingerprint density at radius 1 is 1.20 bits per heavy atom. The number of fused-ring (bicyclic) bond motifs is 1. The molecule has 2 aromatic rings. The molecule has 2 aliphatic rings. The number of anilines is 3. The second-order valence-electron chi connectivity index (χ2n) is 7.17. The lowest BCUT2D eigenvalue weighted by Gasteiger charge is -2.40. The van der Waals surface area contributed by atoms with Crippen LogP contribution in [0.5, 0.6) is 0 Å². The number of aromatic nitrogens is 4. The third-order valence-corrected chi connectivity index (χ3v) is 4.99. The van der Waals surface area contributed by atoms with Crippen LogP contribution in [-0.4, -0.2) is 53.9 Å². The molecule has 1 aliphatic heterocycles. The van der Waals surface area contributed by atoms with E-state index in [9.17, 15) is 0 Å². The van der Waals surface area contributed by atoms with Gasteiger partial charge in [-0.1, -0.05) is 0 Å². The zero-order valence-electron chi connectivity index (χ0n) is 14.9. The van der Waals surface area contributed by atoms with Gasteiger partial charge in [0.05, 0.1) is 5.69 Å². The summed E-state index contributed by atoms with van der Waals surface area (Å²) in [6.07, 6.45) is 6.55. The van der Waals surface area contributed by atoms with Gasteiger partial charge in [0.15, 0.2) is 5.82 Å². The second kappa shape index (κ2) is 6.82. The first-order valence-corrected chi connectivity index (χ1v) is 9.04. The standard InChI is InChI=1S/C18H25N7/c1-24(2)16-7-8-19-18(21-16)20-10-13-11-25(12-13)17-9-14-5-3-4-6-15(14)22-23-17/h7-9,13H,3-6,10-12H2,1-2H3,(H,19,20,21). The molecule has 0 aromatic carbocycles. The molecule has 0 atom stereocenters. The molecule has 1 saturated heterocycles. The maximum Gasteiger partial charge on any atom is 0.224 e. The molecule has 0 radical (unpaired) electrons. The highest BCUT2D eigenvalue weighted by molar-refractivity contribution is 5.45. The van der Waals surface area contributed by atoms with Crippen molar-refractivity contribution in [2.75, 3.05) is 48.8 Å². The van der Waals surface area contributed by atoms with Crippen LogP contribution in [0.1, 0.15) is 24.1 Å². The maximum absolute atomic E-state index is 4.50. The molecule has 3 heterocycles. The van der Waals surface area contributed by atoms with Crippen molar-refractivity contribution in [3.8, 4) is 0 Å². The summed E-state index contributed by atoms with van der Waals surface area (Å²) in [4.78, 5) is 13.1. The molecule has 25 heavy (non-hydrogen) atoms. The van der Waals surface area contributed by atoms with E-state index in [1.54, 1.807) is 6.20 Å². The second-order valence-corrected chi connectivity index (χ2v) is 7.17. The van der Waals surface area contributed by atoms with Crippen LogP contribution in [0, 0.1) is 5.92 Å². The molecule has 0 bridgehead atoms. The average molecular weight is 339 g/mol. The third-order valence-electron chi connectivity index (χ3n) is 4.99. The molecule has 0 spiro atoms. The van der Waals surface area contributed by atoms with Gasteiger partial charge in [-0.15, -0.1) is 5.10 Å². The molecule has 2 aromatic heterocycles. The zero-order valence-corrected chi connectivity index (χ0v) is 14.9. The average Bonchev–Trinajstić information content (AvgIpc) is 2.60. The Kier molecular flexibility index (Phi) is 4.38. The molecule has 1 aliphatic carbocycles. The molecule has 0 unspecified atom stereocenters. The van der Waals surface area contributed by atoms with E-state index in [0.29, 0.717) is 11.9 Å². The topological polar surface area (TPSA) is 70.1 Å². The van der Waals surface area contributed by atoms with Crippen molar-refractivity contribution < 1.29 is 0 Å². The van der Waals surface area contributed by atoms with E-state index in [1.807, 2.05) is 25.1 Å². The normalized spacial score (nSPS) is 17.0. The van der Waals surface area contributed by atoms with Gasteiger partial charge in [-0.2, -0.15) is 10.1 Å². The largest absolute Gasteiger partial charge is 0.363 e. The highest BCUT2D eigenvalue weighted by Crippen LogP contribution is 2.26. The quantitative estimate of drug-likeness (QED) is 0.890. The zero-order chi connectivity index (χ0) is 17.2. The lowest BCUT2D eigenvalue weighted by Crippen LogP contribution is -2.50. The Morgan fingerprint density at radius 3 is 2.88 bits per heavy atom. The molecule has 132 valence electrons. The van der Waals surface area contributed by atoms with Gasteiger partial charge in [0.2, 0.25) is 5.95 Å². The van der Waals surface area contributed by atoms with E-state index >= 15 is 0 Å². The third kappa shape index (κ3) is 3.50. The number of hydrogen-bond donors (Lipinski definition) is 1. The molecule has 1 N–H and O–H groups in total. The van der Waals surface area contributed by atoms with E-state index in [-0.39, 0.29) is 0 Å². The molecular formula is C18H25N7. The van der Waals surface area contributed by atoms with Crippen LogP contribution in [0.25, 0.3) is 0 Å².